The van der Waals surface area contributed by atoms with Gasteiger partial charge in [-0.1, -0.05) is 6.92 Å². The van der Waals surface area contributed by atoms with E-state index in [2.05, 4.69) is 33.1 Å². The highest BCUT2D eigenvalue weighted by atomic mass is 16.5. The van der Waals surface area contributed by atoms with E-state index in [0.717, 1.165) is 57.7 Å². The zero-order chi connectivity index (χ0) is 16.8. The molecule has 1 fully saturated rings. The van der Waals surface area contributed by atoms with Crippen LogP contribution in [0.3, 0.4) is 0 Å². The maximum absolute atomic E-state index is 11.3. The third-order valence-corrected chi connectivity index (χ3v) is 4.23. The molecule has 2 aromatic heterocycles. The van der Waals surface area contributed by atoms with E-state index >= 15 is 0 Å². The van der Waals surface area contributed by atoms with E-state index in [-0.39, 0.29) is 11.7 Å². The van der Waals surface area contributed by atoms with Gasteiger partial charge in [-0.15, -0.1) is 0 Å². The van der Waals surface area contributed by atoms with Gasteiger partial charge in [-0.2, -0.15) is 5.10 Å². The molecule has 1 aliphatic rings. The number of rotatable bonds is 7. The summed E-state index contributed by atoms with van der Waals surface area (Å²) in [6.45, 7) is 6.63. The molecular weight excluding hydrogens is 306 g/mol. The smallest absolute Gasteiger partial charge is 0.250 e. The van der Waals surface area contributed by atoms with Crippen molar-refractivity contribution in [1.29, 1.82) is 0 Å². The topological polar surface area (TPSA) is 76.0 Å². The second-order valence-electron chi connectivity index (χ2n) is 6.28. The number of nitrogens with one attached hydrogen (secondary N) is 1. The van der Waals surface area contributed by atoms with Crippen LogP contribution in [-0.2, 0) is 24.2 Å². The SMILES string of the molecule is CCCn1cc(CN2CCO[C@H](CCc3cc(=O)[nH]cn3)C2)cn1. The number of morpholine rings is 1. The van der Waals surface area contributed by atoms with E-state index in [4.69, 9.17) is 4.74 Å². The second-order valence-corrected chi connectivity index (χ2v) is 6.28. The molecule has 7 nitrogen and oxygen atoms in total. The monoisotopic (exact) mass is 331 g/mol. The van der Waals surface area contributed by atoms with E-state index in [9.17, 15) is 4.79 Å². The van der Waals surface area contributed by atoms with Crippen molar-refractivity contribution in [2.45, 2.75) is 45.4 Å². The van der Waals surface area contributed by atoms with Crippen LogP contribution in [0.1, 0.15) is 31.0 Å². The Kier molecular flexibility index (Phi) is 5.77. The number of ether oxygens (including phenoxy) is 1. The standard InChI is InChI=1S/C17H25N5O2/c1-2-5-22-11-14(9-20-22)10-21-6-7-24-16(12-21)4-3-15-8-17(23)19-13-18-15/h8-9,11,13,16H,2-7,10,12H2,1H3,(H,18,19,23)/t16-/m1/s1. The van der Waals surface area contributed by atoms with Crippen LogP contribution in [0.15, 0.2) is 29.6 Å². The lowest BCUT2D eigenvalue weighted by molar-refractivity contribution is -0.0346. The first-order valence-electron chi connectivity index (χ1n) is 8.62. The molecule has 3 rings (SSSR count). The molecule has 0 saturated carbocycles. The van der Waals surface area contributed by atoms with E-state index in [1.54, 1.807) is 6.07 Å². The molecular formula is C17H25N5O2. The normalized spacial score (nSPS) is 18.8. The molecule has 7 heteroatoms. The fourth-order valence-corrected chi connectivity index (χ4v) is 3.05. The predicted octanol–water partition coefficient (Wildman–Crippen LogP) is 1.21. The van der Waals surface area contributed by atoms with Gasteiger partial charge in [-0.05, 0) is 19.3 Å². The summed E-state index contributed by atoms with van der Waals surface area (Å²) in [5, 5.41) is 4.39. The van der Waals surface area contributed by atoms with Crippen molar-refractivity contribution in [3.63, 3.8) is 0 Å². The minimum atomic E-state index is -0.102. The van der Waals surface area contributed by atoms with Gasteiger partial charge in [0.05, 0.1) is 25.2 Å². The number of aryl methyl sites for hydroxylation is 2. The molecule has 0 spiro atoms. The lowest BCUT2D eigenvalue weighted by Crippen LogP contribution is -2.42. The Morgan fingerprint density at radius 3 is 3.21 bits per heavy atom. The Labute approximate surface area is 141 Å². The summed E-state index contributed by atoms with van der Waals surface area (Å²) < 4.78 is 7.87. The third kappa shape index (κ3) is 4.75. The maximum Gasteiger partial charge on any atom is 0.250 e. The highest BCUT2D eigenvalue weighted by Gasteiger charge is 2.21. The lowest BCUT2D eigenvalue weighted by Gasteiger charge is -2.32. The van der Waals surface area contributed by atoms with E-state index in [0.29, 0.717) is 0 Å². The molecule has 1 N–H and O–H groups in total. The Hall–Kier alpha value is -1.99. The van der Waals surface area contributed by atoms with Crippen molar-refractivity contribution in [3.05, 3.63) is 46.4 Å². The summed E-state index contributed by atoms with van der Waals surface area (Å²) in [5.74, 6) is 0. The second kappa shape index (κ2) is 8.21. The average molecular weight is 331 g/mol. The summed E-state index contributed by atoms with van der Waals surface area (Å²) in [6, 6.07) is 1.56. The van der Waals surface area contributed by atoms with E-state index < -0.39 is 0 Å². The summed E-state index contributed by atoms with van der Waals surface area (Å²) in [6.07, 6.45) is 8.47. The zero-order valence-corrected chi connectivity index (χ0v) is 14.1. The molecule has 130 valence electrons. The first-order chi connectivity index (χ1) is 11.7. The Morgan fingerprint density at radius 2 is 2.38 bits per heavy atom. The number of H-pyrrole nitrogens is 1. The van der Waals surface area contributed by atoms with E-state index in [1.807, 2.05) is 10.9 Å². The first-order valence-corrected chi connectivity index (χ1v) is 8.62. The molecule has 2 aromatic rings. The van der Waals surface area contributed by atoms with Gasteiger partial charge < -0.3 is 9.72 Å². The molecule has 1 aliphatic heterocycles. The lowest BCUT2D eigenvalue weighted by atomic mass is 10.1. The average Bonchev–Trinajstić information content (AvgIpc) is 3.01. The van der Waals surface area contributed by atoms with Crippen molar-refractivity contribution in [3.8, 4) is 0 Å². The summed E-state index contributed by atoms with van der Waals surface area (Å²) in [7, 11) is 0. The molecule has 1 atom stereocenters. The van der Waals surface area contributed by atoms with Crippen LogP contribution in [-0.4, -0.2) is 50.4 Å². The van der Waals surface area contributed by atoms with Gasteiger partial charge in [0.15, 0.2) is 0 Å². The highest BCUT2D eigenvalue weighted by molar-refractivity contribution is 5.04. The fourth-order valence-electron chi connectivity index (χ4n) is 3.05. The molecule has 1 saturated heterocycles. The Balaban J connectivity index is 1.49. The van der Waals surface area contributed by atoms with Crippen LogP contribution in [0.2, 0.25) is 0 Å². The van der Waals surface area contributed by atoms with Crippen molar-refractivity contribution >= 4 is 0 Å². The summed E-state index contributed by atoms with van der Waals surface area (Å²) in [5.41, 5.74) is 1.97. The molecule has 0 bridgehead atoms. The highest BCUT2D eigenvalue weighted by Crippen LogP contribution is 2.14. The van der Waals surface area contributed by atoms with Gasteiger partial charge in [0.25, 0.3) is 5.56 Å². The number of aromatic amines is 1. The largest absolute Gasteiger partial charge is 0.376 e. The first kappa shape index (κ1) is 16.9. The fraction of sp³-hybridized carbons (Fsp3) is 0.588. The zero-order valence-electron chi connectivity index (χ0n) is 14.1. The predicted molar refractivity (Wildman–Crippen MR) is 90.7 cm³/mol. The molecule has 3 heterocycles. The van der Waals surface area contributed by atoms with Crippen LogP contribution < -0.4 is 5.56 Å². The quantitative estimate of drug-likeness (QED) is 0.825. The van der Waals surface area contributed by atoms with Crippen molar-refractivity contribution < 1.29 is 4.74 Å². The van der Waals surface area contributed by atoms with Crippen LogP contribution in [0.25, 0.3) is 0 Å². The van der Waals surface area contributed by atoms with Gasteiger partial charge in [0, 0.05) is 49.7 Å². The molecule has 0 amide bonds. The van der Waals surface area contributed by atoms with Gasteiger partial charge >= 0.3 is 0 Å². The summed E-state index contributed by atoms with van der Waals surface area (Å²) in [4.78, 5) is 20.4. The molecule has 0 unspecified atom stereocenters. The summed E-state index contributed by atoms with van der Waals surface area (Å²) >= 11 is 0. The van der Waals surface area contributed by atoms with Crippen molar-refractivity contribution in [2.75, 3.05) is 19.7 Å². The molecule has 0 aliphatic carbocycles. The van der Waals surface area contributed by atoms with Gasteiger partial charge in [0.2, 0.25) is 0 Å². The number of nitrogens with zero attached hydrogens (tertiary/aromatic N) is 4. The van der Waals surface area contributed by atoms with Crippen molar-refractivity contribution in [1.82, 2.24) is 24.6 Å². The third-order valence-electron chi connectivity index (χ3n) is 4.23. The minimum absolute atomic E-state index is 0.102. The molecule has 0 aromatic carbocycles. The van der Waals surface area contributed by atoms with Crippen LogP contribution in [0, 0.1) is 0 Å². The van der Waals surface area contributed by atoms with Gasteiger partial charge in [-0.25, -0.2) is 4.98 Å². The van der Waals surface area contributed by atoms with Crippen LogP contribution in [0.5, 0.6) is 0 Å². The van der Waals surface area contributed by atoms with E-state index in [1.165, 1.54) is 11.9 Å². The van der Waals surface area contributed by atoms with Crippen molar-refractivity contribution in [2.24, 2.45) is 0 Å². The van der Waals surface area contributed by atoms with Crippen LogP contribution >= 0.6 is 0 Å². The minimum Gasteiger partial charge on any atom is -0.376 e. The van der Waals surface area contributed by atoms with Gasteiger partial charge in [-0.3, -0.25) is 14.4 Å². The molecule has 0 radical (unpaired) electrons. The number of hydrogen-bond acceptors (Lipinski definition) is 5. The molecule has 24 heavy (non-hydrogen) atoms. The Bertz CT molecular complexity index is 696. The number of aromatic nitrogens is 4. The van der Waals surface area contributed by atoms with Gasteiger partial charge in [0.1, 0.15) is 0 Å². The Morgan fingerprint density at radius 1 is 1.46 bits per heavy atom. The number of hydrogen-bond donors (Lipinski definition) is 1. The maximum atomic E-state index is 11.3. The van der Waals surface area contributed by atoms with Crippen LogP contribution in [0.4, 0.5) is 0 Å².